The van der Waals surface area contributed by atoms with E-state index in [9.17, 15) is 0 Å². The lowest BCUT2D eigenvalue weighted by atomic mass is 9.74. The van der Waals surface area contributed by atoms with E-state index in [4.69, 9.17) is 37.9 Å². The minimum absolute atomic E-state index is 0.598. The minimum atomic E-state index is 0.598. The van der Waals surface area contributed by atoms with E-state index in [1.807, 2.05) is 194 Å². The van der Waals surface area contributed by atoms with Crippen molar-refractivity contribution in [3.63, 3.8) is 0 Å². The molecule has 0 heterocycles. The van der Waals surface area contributed by atoms with E-state index in [1.54, 1.807) is 56.9 Å². The van der Waals surface area contributed by atoms with E-state index >= 15 is 0 Å². The van der Waals surface area contributed by atoms with Gasteiger partial charge >= 0.3 is 0 Å². The molecule has 8 aromatic rings. The first-order valence-electron chi connectivity index (χ1n) is 25.5. The van der Waals surface area contributed by atoms with Crippen molar-refractivity contribution in [2.75, 3.05) is 56.9 Å². The molecule has 0 radical (unpaired) electrons. The standard InChI is InChI=1S/C72H56O8/c1-73-57-29-9-49(10-30-57)17-45-65-66(46-18-50-11-31-58(74-2)32-12-50)70(54-23-39-62(78-6)40-24-54)72(56-27-43-64(80-8)44-28-56)68(48-20-52-15-35-60(76-4)36-16-52)67(47-19-51-13-33-59(75-3)34-14-51)71(55-25-41-63(79-7)42-26-55)69(65)53-21-37-61(77-5)38-22-53/h9-16,21-44H,1-8H3/b66-65-,68-67-,69-65?,70-66?,71-67?,71-69-,72-68?,72-70-. The molecule has 9 rings (SSSR count). The summed E-state index contributed by atoms with van der Waals surface area (Å²) >= 11 is 0. The first-order valence-corrected chi connectivity index (χ1v) is 25.5. The van der Waals surface area contributed by atoms with E-state index in [1.165, 1.54) is 0 Å². The average Bonchev–Trinajstić information content (AvgIpc) is 3.67. The molecular formula is C72H56O8. The Morgan fingerprint density at radius 3 is 0.450 bits per heavy atom. The third-order valence-electron chi connectivity index (χ3n) is 13.2. The molecule has 0 atom stereocenters. The number of methoxy groups -OCH3 is 8. The lowest BCUT2D eigenvalue weighted by molar-refractivity contribution is 0.414. The largest absolute Gasteiger partial charge is 0.497 e. The third-order valence-corrected chi connectivity index (χ3v) is 13.2. The van der Waals surface area contributed by atoms with E-state index in [-0.39, 0.29) is 0 Å². The zero-order valence-corrected chi connectivity index (χ0v) is 45.7. The van der Waals surface area contributed by atoms with Crippen LogP contribution in [0.5, 0.6) is 46.0 Å². The molecule has 0 spiro atoms. The molecule has 80 heavy (non-hydrogen) atoms. The number of benzene rings is 8. The predicted molar refractivity (Wildman–Crippen MR) is 319 cm³/mol. The van der Waals surface area contributed by atoms with Crippen molar-refractivity contribution in [1.82, 2.24) is 0 Å². The maximum absolute atomic E-state index is 5.81. The Morgan fingerprint density at radius 1 is 0.175 bits per heavy atom. The fourth-order valence-electron chi connectivity index (χ4n) is 8.92. The van der Waals surface area contributed by atoms with Crippen LogP contribution in [0.4, 0.5) is 0 Å². The highest BCUT2D eigenvalue weighted by Gasteiger charge is 2.31. The van der Waals surface area contributed by atoms with Crippen LogP contribution in [0.1, 0.15) is 44.5 Å². The summed E-state index contributed by atoms with van der Waals surface area (Å²) in [5.74, 6) is 35.0. The molecule has 0 aliphatic heterocycles. The molecule has 0 unspecified atom stereocenters. The Balaban J connectivity index is 1.61. The van der Waals surface area contributed by atoms with Gasteiger partial charge in [-0.15, -0.1) is 0 Å². The minimum Gasteiger partial charge on any atom is -0.497 e. The predicted octanol–water partition coefficient (Wildman–Crippen LogP) is 14.1. The highest BCUT2D eigenvalue weighted by Crippen LogP contribution is 2.49. The van der Waals surface area contributed by atoms with Crippen molar-refractivity contribution in [3.8, 4) is 93.4 Å². The van der Waals surface area contributed by atoms with Crippen LogP contribution in [0.3, 0.4) is 0 Å². The maximum Gasteiger partial charge on any atom is 0.118 e. The van der Waals surface area contributed by atoms with E-state index in [0.717, 1.165) is 66.8 Å². The second kappa shape index (κ2) is 25.9. The summed E-state index contributed by atoms with van der Waals surface area (Å²) in [4.78, 5) is 0. The summed E-state index contributed by atoms with van der Waals surface area (Å²) in [6, 6.07) is 62.7. The Hall–Kier alpha value is -10.6. The zero-order chi connectivity index (χ0) is 55.8. The number of hydrogen-bond acceptors (Lipinski definition) is 8. The van der Waals surface area contributed by atoms with Crippen LogP contribution >= 0.6 is 0 Å². The van der Waals surface area contributed by atoms with Gasteiger partial charge in [0.25, 0.3) is 0 Å². The first-order chi connectivity index (χ1) is 39.3. The van der Waals surface area contributed by atoms with Gasteiger partial charge < -0.3 is 37.9 Å². The van der Waals surface area contributed by atoms with E-state index < -0.39 is 0 Å². The molecule has 1 aliphatic rings. The van der Waals surface area contributed by atoms with Crippen LogP contribution in [0.2, 0.25) is 0 Å². The molecule has 0 saturated heterocycles. The van der Waals surface area contributed by atoms with Gasteiger partial charge in [-0.2, -0.15) is 0 Å². The molecule has 0 aromatic heterocycles. The number of hydrogen-bond donors (Lipinski definition) is 0. The Labute approximate surface area is 469 Å². The van der Waals surface area contributed by atoms with Gasteiger partial charge in [-0.1, -0.05) is 95.9 Å². The van der Waals surface area contributed by atoms with Crippen LogP contribution in [0, 0.1) is 47.4 Å². The summed E-state index contributed by atoms with van der Waals surface area (Å²) in [5, 5.41) is 0. The van der Waals surface area contributed by atoms with Gasteiger partial charge in [-0.25, -0.2) is 0 Å². The second-order valence-electron chi connectivity index (χ2n) is 17.8. The number of rotatable bonds is 12. The molecule has 8 aromatic carbocycles. The zero-order valence-electron chi connectivity index (χ0n) is 45.7. The molecule has 1 aliphatic carbocycles. The van der Waals surface area contributed by atoms with Crippen LogP contribution < -0.4 is 37.9 Å². The van der Waals surface area contributed by atoms with Gasteiger partial charge in [0.2, 0.25) is 0 Å². The molecule has 392 valence electrons. The van der Waals surface area contributed by atoms with Crippen molar-refractivity contribution in [1.29, 1.82) is 0 Å². The van der Waals surface area contributed by atoms with Crippen molar-refractivity contribution in [2.24, 2.45) is 0 Å². The molecule has 0 amide bonds. The van der Waals surface area contributed by atoms with E-state index in [2.05, 4.69) is 47.4 Å². The smallest absolute Gasteiger partial charge is 0.118 e. The fraction of sp³-hybridized carbons (Fsp3) is 0.111. The average molecular weight is 1050 g/mol. The summed E-state index contributed by atoms with van der Waals surface area (Å²) in [6.07, 6.45) is 0. The van der Waals surface area contributed by atoms with Gasteiger partial charge in [-0.3, -0.25) is 0 Å². The maximum atomic E-state index is 5.81. The molecular weight excluding hydrogens is 993 g/mol. The normalized spacial score (nSPS) is 15.5. The highest BCUT2D eigenvalue weighted by molar-refractivity contribution is 6.18. The van der Waals surface area contributed by atoms with E-state index in [0.29, 0.717) is 68.3 Å². The lowest BCUT2D eigenvalue weighted by Gasteiger charge is -2.27. The second-order valence-corrected chi connectivity index (χ2v) is 17.8. The van der Waals surface area contributed by atoms with Gasteiger partial charge in [0, 0.05) is 66.8 Å². The molecule has 0 bridgehead atoms. The highest BCUT2D eigenvalue weighted by atomic mass is 16.5. The Morgan fingerprint density at radius 2 is 0.312 bits per heavy atom. The summed E-state index contributed by atoms with van der Waals surface area (Å²) in [6.45, 7) is 0. The van der Waals surface area contributed by atoms with Crippen LogP contribution in [-0.2, 0) is 0 Å². The quantitative estimate of drug-likeness (QED) is 0.112. The van der Waals surface area contributed by atoms with Crippen molar-refractivity contribution < 1.29 is 37.9 Å². The monoisotopic (exact) mass is 1050 g/mol. The number of allylic oxidation sites excluding steroid dienone is 8. The lowest BCUT2D eigenvalue weighted by Crippen LogP contribution is -2.10. The van der Waals surface area contributed by atoms with Crippen molar-refractivity contribution in [2.45, 2.75) is 0 Å². The molecule has 0 fully saturated rings. The summed E-state index contributed by atoms with van der Waals surface area (Å²) in [5.41, 5.74) is 11.5. The molecule has 0 saturated carbocycles. The summed E-state index contributed by atoms with van der Waals surface area (Å²) < 4.78 is 45.6. The SMILES string of the molecule is COc1ccc(C#CC2=C(C#Cc3ccc(OC)cc3)/C(c3ccc(OC)cc3)=C(c3ccc(OC)cc3)\C(C#Cc3ccc(OC)cc3)=C(C#Cc3ccc(OC)cc3)/C(c3ccc(OC)cc3)=C\2c2ccc(OC)cc2)cc1. The Kier molecular flexibility index (Phi) is 17.6. The molecule has 0 N–H and O–H groups in total. The first kappa shape index (κ1) is 54.2. The van der Waals surface area contributed by atoms with Gasteiger partial charge in [0.15, 0.2) is 0 Å². The number of ether oxygens (including phenoxy) is 8. The topological polar surface area (TPSA) is 73.8 Å². The van der Waals surface area contributed by atoms with Crippen LogP contribution in [-0.4, -0.2) is 56.9 Å². The fourth-order valence-corrected chi connectivity index (χ4v) is 8.92. The van der Waals surface area contributed by atoms with Gasteiger partial charge in [0.1, 0.15) is 46.0 Å². The third kappa shape index (κ3) is 12.6. The van der Waals surface area contributed by atoms with Gasteiger partial charge in [-0.05, 0) is 168 Å². The van der Waals surface area contributed by atoms with Crippen LogP contribution in [0.25, 0.3) is 22.3 Å². The van der Waals surface area contributed by atoms with Crippen molar-refractivity contribution >= 4 is 22.3 Å². The van der Waals surface area contributed by atoms with Crippen molar-refractivity contribution in [3.05, 3.63) is 261 Å². The molecule has 8 heteroatoms. The Bertz CT molecular complexity index is 3370. The summed E-state index contributed by atoms with van der Waals surface area (Å²) in [7, 11) is 13.2. The molecule has 8 nitrogen and oxygen atoms in total. The van der Waals surface area contributed by atoms with Crippen LogP contribution in [0.15, 0.2) is 216 Å². The van der Waals surface area contributed by atoms with Gasteiger partial charge in [0.05, 0.1) is 56.9 Å².